The highest BCUT2D eigenvalue weighted by Crippen LogP contribution is 2.30. The van der Waals surface area contributed by atoms with Crippen LogP contribution in [0.2, 0.25) is 10.0 Å². The molecular weight excluding hydrogens is 296 g/mol. The molecule has 0 aliphatic heterocycles. The van der Waals surface area contributed by atoms with E-state index in [1.165, 1.54) is 12.1 Å². The lowest BCUT2D eigenvalue weighted by Gasteiger charge is -2.21. The topological polar surface area (TPSA) is 12.0 Å². The van der Waals surface area contributed by atoms with Crippen LogP contribution in [0.25, 0.3) is 0 Å². The summed E-state index contributed by atoms with van der Waals surface area (Å²) in [4.78, 5) is 0. The summed E-state index contributed by atoms with van der Waals surface area (Å²) in [5.41, 5.74) is 1.86. The molecule has 0 heterocycles. The van der Waals surface area contributed by atoms with E-state index < -0.39 is 0 Å². The van der Waals surface area contributed by atoms with Crippen molar-refractivity contribution in [3.05, 3.63) is 69.5 Å². The number of halogens is 3. The molecule has 20 heavy (non-hydrogen) atoms. The molecule has 0 spiro atoms. The van der Waals surface area contributed by atoms with Crippen molar-refractivity contribution >= 4 is 23.2 Å². The summed E-state index contributed by atoms with van der Waals surface area (Å²) in [6.07, 6.45) is 0.996. The molecule has 0 bridgehead atoms. The lowest BCUT2D eigenvalue weighted by Crippen LogP contribution is -2.23. The van der Waals surface area contributed by atoms with Crippen LogP contribution in [0.3, 0.4) is 0 Å². The van der Waals surface area contributed by atoms with Crippen LogP contribution in [0.5, 0.6) is 0 Å². The molecule has 1 atom stereocenters. The van der Waals surface area contributed by atoms with Gasteiger partial charge in [0.2, 0.25) is 0 Å². The molecule has 2 rings (SSSR count). The molecule has 4 heteroatoms. The van der Waals surface area contributed by atoms with Crippen molar-refractivity contribution in [2.24, 2.45) is 0 Å². The van der Waals surface area contributed by atoms with Gasteiger partial charge in [0.15, 0.2) is 0 Å². The maximum absolute atomic E-state index is 13.2. The molecule has 0 radical (unpaired) electrons. The monoisotopic (exact) mass is 311 g/mol. The van der Waals surface area contributed by atoms with E-state index in [1.807, 2.05) is 24.3 Å². The molecule has 106 valence electrons. The van der Waals surface area contributed by atoms with E-state index in [9.17, 15) is 4.39 Å². The minimum absolute atomic E-state index is 0.0956. The zero-order valence-corrected chi connectivity index (χ0v) is 12.7. The first-order valence-electron chi connectivity index (χ1n) is 6.55. The van der Waals surface area contributed by atoms with Gasteiger partial charge >= 0.3 is 0 Å². The predicted molar refractivity (Wildman–Crippen MR) is 83.0 cm³/mol. The minimum Gasteiger partial charge on any atom is -0.306 e. The highest BCUT2D eigenvalue weighted by Gasteiger charge is 2.17. The van der Waals surface area contributed by atoms with Gasteiger partial charge in [0.1, 0.15) is 5.82 Å². The fourth-order valence-corrected chi connectivity index (χ4v) is 2.59. The van der Waals surface area contributed by atoms with Crippen LogP contribution < -0.4 is 5.32 Å². The number of nitrogens with one attached hydrogen (secondary N) is 1. The molecular formula is C16H16Cl2FN. The van der Waals surface area contributed by atoms with E-state index in [0.29, 0.717) is 10.0 Å². The smallest absolute Gasteiger partial charge is 0.124 e. The molecule has 0 aliphatic carbocycles. The Morgan fingerprint density at radius 2 is 1.95 bits per heavy atom. The van der Waals surface area contributed by atoms with Crippen molar-refractivity contribution in [1.29, 1.82) is 0 Å². The summed E-state index contributed by atoms with van der Waals surface area (Å²) < 4.78 is 13.2. The van der Waals surface area contributed by atoms with Gasteiger partial charge in [-0.1, -0.05) is 48.3 Å². The third kappa shape index (κ3) is 3.72. The lowest BCUT2D eigenvalue weighted by molar-refractivity contribution is 0.593. The summed E-state index contributed by atoms with van der Waals surface area (Å²) in [6, 6.07) is 12.0. The van der Waals surface area contributed by atoms with E-state index in [4.69, 9.17) is 23.2 Å². The molecule has 0 saturated heterocycles. The second kappa shape index (κ2) is 7.07. The van der Waals surface area contributed by atoms with Crippen molar-refractivity contribution in [3.8, 4) is 0 Å². The first-order chi connectivity index (χ1) is 9.61. The number of rotatable bonds is 5. The SMILES string of the molecule is CCCNC(c1cccc(Cl)c1)c1ccc(F)cc1Cl. The fourth-order valence-electron chi connectivity index (χ4n) is 2.12. The third-order valence-electron chi connectivity index (χ3n) is 3.05. The average molecular weight is 312 g/mol. The summed E-state index contributed by atoms with van der Waals surface area (Å²) in [5.74, 6) is -0.334. The van der Waals surface area contributed by atoms with Crippen LogP contribution in [0.4, 0.5) is 4.39 Å². The highest BCUT2D eigenvalue weighted by atomic mass is 35.5. The Hall–Kier alpha value is -1.09. The van der Waals surface area contributed by atoms with Gasteiger partial charge in [-0.05, 0) is 48.4 Å². The summed E-state index contributed by atoms with van der Waals surface area (Å²) in [7, 11) is 0. The van der Waals surface area contributed by atoms with Crippen molar-refractivity contribution in [3.63, 3.8) is 0 Å². The second-order valence-electron chi connectivity index (χ2n) is 4.61. The maximum Gasteiger partial charge on any atom is 0.124 e. The molecule has 2 aromatic rings. The third-order valence-corrected chi connectivity index (χ3v) is 3.62. The first-order valence-corrected chi connectivity index (χ1v) is 7.31. The van der Waals surface area contributed by atoms with Gasteiger partial charge in [-0.2, -0.15) is 0 Å². The molecule has 2 aromatic carbocycles. The quantitative estimate of drug-likeness (QED) is 0.798. The van der Waals surface area contributed by atoms with Gasteiger partial charge in [0.05, 0.1) is 6.04 Å². The van der Waals surface area contributed by atoms with Crippen molar-refractivity contribution in [2.45, 2.75) is 19.4 Å². The molecule has 1 nitrogen and oxygen atoms in total. The fraction of sp³-hybridized carbons (Fsp3) is 0.250. The molecule has 1 unspecified atom stereocenters. The number of hydrogen-bond donors (Lipinski definition) is 1. The van der Waals surface area contributed by atoms with Gasteiger partial charge < -0.3 is 5.32 Å². The Kier molecular flexibility index (Phi) is 5.41. The van der Waals surface area contributed by atoms with E-state index in [1.54, 1.807) is 6.07 Å². The first kappa shape index (κ1) is 15.3. The standard InChI is InChI=1S/C16H16Cl2FN/c1-2-8-20-16(11-4-3-5-12(17)9-11)14-7-6-13(19)10-15(14)18/h3-7,9-10,16,20H,2,8H2,1H3. The Bertz CT molecular complexity index is 586. The van der Waals surface area contributed by atoms with E-state index in [-0.39, 0.29) is 11.9 Å². The van der Waals surface area contributed by atoms with Crippen molar-refractivity contribution < 1.29 is 4.39 Å². The minimum atomic E-state index is -0.334. The highest BCUT2D eigenvalue weighted by molar-refractivity contribution is 6.31. The van der Waals surface area contributed by atoms with Crippen molar-refractivity contribution in [1.82, 2.24) is 5.32 Å². The largest absolute Gasteiger partial charge is 0.306 e. The Labute approximate surface area is 128 Å². The van der Waals surface area contributed by atoms with E-state index in [0.717, 1.165) is 24.1 Å². The van der Waals surface area contributed by atoms with Gasteiger partial charge in [0, 0.05) is 10.0 Å². The Morgan fingerprint density at radius 1 is 1.15 bits per heavy atom. The summed E-state index contributed by atoms with van der Waals surface area (Å²) in [6.45, 7) is 2.93. The van der Waals surface area contributed by atoms with Crippen LogP contribution in [0.15, 0.2) is 42.5 Å². The van der Waals surface area contributed by atoms with E-state index >= 15 is 0 Å². The summed E-state index contributed by atoms with van der Waals surface area (Å²) in [5, 5.41) is 4.51. The molecule has 0 saturated carbocycles. The van der Waals surface area contributed by atoms with Crippen LogP contribution in [-0.2, 0) is 0 Å². The van der Waals surface area contributed by atoms with Gasteiger partial charge in [-0.25, -0.2) is 4.39 Å². The second-order valence-corrected chi connectivity index (χ2v) is 5.45. The molecule has 1 N–H and O–H groups in total. The van der Waals surface area contributed by atoms with Gasteiger partial charge in [0.25, 0.3) is 0 Å². The molecule has 0 aromatic heterocycles. The van der Waals surface area contributed by atoms with Crippen LogP contribution in [0.1, 0.15) is 30.5 Å². The van der Waals surface area contributed by atoms with Crippen LogP contribution in [0, 0.1) is 5.82 Å². The zero-order chi connectivity index (χ0) is 14.5. The lowest BCUT2D eigenvalue weighted by atomic mass is 9.98. The van der Waals surface area contributed by atoms with Crippen LogP contribution >= 0.6 is 23.2 Å². The van der Waals surface area contributed by atoms with Crippen molar-refractivity contribution in [2.75, 3.05) is 6.54 Å². The van der Waals surface area contributed by atoms with E-state index in [2.05, 4.69) is 12.2 Å². The number of hydrogen-bond acceptors (Lipinski definition) is 1. The molecule has 0 fully saturated rings. The normalized spacial score (nSPS) is 12.4. The predicted octanol–water partition coefficient (Wildman–Crippen LogP) is 5.22. The molecule has 0 amide bonds. The average Bonchev–Trinajstić information content (AvgIpc) is 2.41. The van der Waals surface area contributed by atoms with Gasteiger partial charge in [-0.3, -0.25) is 0 Å². The van der Waals surface area contributed by atoms with Crippen LogP contribution in [-0.4, -0.2) is 6.54 Å². The Balaban J connectivity index is 2.41. The summed E-state index contributed by atoms with van der Waals surface area (Å²) >= 11 is 12.2. The molecule has 0 aliphatic rings. The van der Waals surface area contributed by atoms with Gasteiger partial charge in [-0.15, -0.1) is 0 Å². The maximum atomic E-state index is 13.2. The number of benzene rings is 2. The Morgan fingerprint density at radius 3 is 2.60 bits per heavy atom. The zero-order valence-electron chi connectivity index (χ0n) is 11.2.